The first-order valence-electron chi connectivity index (χ1n) is 5.78. The highest BCUT2D eigenvalue weighted by Crippen LogP contribution is 2.25. The van der Waals surface area contributed by atoms with E-state index in [1.807, 2.05) is 12.4 Å². The number of hydrogen-bond acceptors (Lipinski definition) is 3. The van der Waals surface area contributed by atoms with Crippen molar-refractivity contribution in [3.8, 4) is 0 Å². The largest absolute Gasteiger partial charge is 0.373 e. The fourth-order valence-corrected chi connectivity index (χ4v) is 2.80. The SMILES string of the molecule is CN(CC1CCCNC1)c1ccncc1Br. The van der Waals surface area contributed by atoms with Crippen molar-refractivity contribution in [2.24, 2.45) is 5.92 Å². The van der Waals surface area contributed by atoms with Crippen LogP contribution >= 0.6 is 15.9 Å². The summed E-state index contributed by atoms with van der Waals surface area (Å²) >= 11 is 3.54. The minimum absolute atomic E-state index is 0.763. The molecule has 1 atom stereocenters. The normalized spacial score (nSPS) is 20.8. The molecule has 0 radical (unpaired) electrons. The van der Waals surface area contributed by atoms with Gasteiger partial charge in [0.2, 0.25) is 0 Å². The molecule has 4 heteroatoms. The molecule has 16 heavy (non-hydrogen) atoms. The molecule has 1 aromatic heterocycles. The molecule has 0 saturated carbocycles. The first-order chi connectivity index (χ1) is 7.77. The summed E-state index contributed by atoms with van der Waals surface area (Å²) in [5.74, 6) is 0.763. The van der Waals surface area contributed by atoms with Gasteiger partial charge in [0.15, 0.2) is 0 Å². The van der Waals surface area contributed by atoms with Gasteiger partial charge >= 0.3 is 0 Å². The molecule has 1 aliphatic heterocycles. The molecule has 0 bridgehead atoms. The van der Waals surface area contributed by atoms with Crippen LogP contribution in [0.3, 0.4) is 0 Å². The van der Waals surface area contributed by atoms with Crippen LogP contribution in [0.1, 0.15) is 12.8 Å². The standard InChI is InChI=1S/C12H18BrN3/c1-16(9-10-3-2-5-14-7-10)12-4-6-15-8-11(12)13/h4,6,8,10,14H,2-3,5,7,9H2,1H3. The average Bonchev–Trinajstić information content (AvgIpc) is 2.31. The lowest BCUT2D eigenvalue weighted by molar-refractivity contribution is 0.381. The number of pyridine rings is 1. The molecule has 1 aromatic rings. The smallest absolute Gasteiger partial charge is 0.0592 e. The average molecular weight is 284 g/mol. The lowest BCUT2D eigenvalue weighted by Gasteiger charge is -2.29. The van der Waals surface area contributed by atoms with E-state index in [0.29, 0.717) is 0 Å². The summed E-state index contributed by atoms with van der Waals surface area (Å²) in [4.78, 5) is 6.40. The molecular weight excluding hydrogens is 266 g/mol. The number of nitrogens with one attached hydrogen (secondary N) is 1. The highest BCUT2D eigenvalue weighted by molar-refractivity contribution is 9.10. The van der Waals surface area contributed by atoms with E-state index in [2.05, 4.69) is 44.2 Å². The Morgan fingerprint density at radius 1 is 1.62 bits per heavy atom. The molecule has 3 nitrogen and oxygen atoms in total. The molecule has 1 saturated heterocycles. The molecule has 2 rings (SSSR count). The fraction of sp³-hybridized carbons (Fsp3) is 0.583. The molecule has 1 fully saturated rings. The van der Waals surface area contributed by atoms with Gasteiger partial charge in [-0.15, -0.1) is 0 Å². The van der Waals surface area contributed by atoms with Crippen LogP contribution in [0.15, 0.2) is 22.9 Å². The van der Waals surface area contributed by atoms with E-state index in [4.69, 9.17) is 0 Å². The van der Waals surface area contributed by atoms with Gasteiger partial charge < -0.3 is 10.2 Å². The Hall–Kier alpha value is -0.610. The Bertz CT molecular complexity index is 337. The molecule has 1 aliphatic rings. The van der Waals surface area contributed by atoms with E-state index < -0.39 is 0 Å². The van der Waals surface area contributed by atoms with Crippen LogP contribution in [0.2, 0.25) is 0 Å². The van der Waals surface area contributed by atoms with Crippen LogP contribution in [-0.4, -0.2) is 31.7 Å². The predicted molar refractivity (Wildman–Crippen MR) is 70.8 cm³/mol. The monoisotopic (exact) mass is 283 g/mol. The van der Waals surface area contributed by atoms with Crippen molar-refractivity contribution >= 4 is 21.6 Å². The van der Waals surface area contributed by atoms with Crippen molar-refractivity contribution in [3.05, 3.63) is 22.9 Å². The fourth-order valence-electron chi connectivity index (χ4n) is 2.24. The van der Waals surface area contributed by atoms with Gasteiger partial charge in [-0.25, -0.2) is 0 Å². The molecule has 88 valence electrons. The third-order valence-corrected chi connectivity index (χ3v) is 3.70. The molecule has 2 heterocycles. The second-order valence-corrected chi connectivity index (χ2v) is 5.27. The van der Waals surface area contributed by atoms with Gasteiger partial charge in [0.1, 0.15) is 0 Å². The summed E-state index contributed by atoms with van der Waals surface area (Å²) < 4.78 is 1.07. The van der Waals surface area contributed by atoms with E-state index in [9.17, 15) is 0 Å². The topological polar surface area (TPSA) is 28.2 Å². The third kappa shape index (κ3) is 2.95. The molecule has 0 aromatic carbocycles. The van der Waals surface area contributed by atoms with Crippen LogP contribution in [0, 0.1) is 5.92 Å². The first kappa shape index (κ1) is 11.9. The second kappa shape index (κ2) is 5.64. The quantitative estimate of drug-likeness (QED) is 0.923. The molecule has 1 N–H and O–H groups in total. The lowest BCUT2D eigenvalue weighted by atomic mass is 9.99. The molecule has 0 spiro atoms. The number of piperidine rings is 1. The Balaban J connectivity index is 1.96. The van der Waals surface area contributed by atoms with Crippen LogP contribution in [0.5, 0.6) is 0 Å². The highest BCUT2D eigenvalue weighted by atomic mass is 79.9. The minimum atomic E-state index is 0.763. The maximum absolute atomic E-state index is 4.09. The maximum atomic E-state index is 4.09. The minimum Gasteiger partial charge on any atom is -0.373 e. The van der Waals surface area contributed by atoms with Gasteiger partial charge in [-0.3, -0.25) is 4.98 Å². The number of nitrogens with zero attached hydrogens (tertiary/aromatic N) is 2. The predicted octanol–water partition coefficient (Wildman–Crippen LogP) is 2.28. The first-order valence-corrected chi connectivity index (χ1v) is 6.58. The molecule has 0 aliphatic carbocycles. The van der Waals surface area contributed by atoms with E-state index in [0.717, 1.165) is 23.5 Å². The van der Waals surface area contributed by atoms with Crippen molar-refractivity contribution < 1.29 is 0 Å². The van der Waals surface area contributed by atoms with Gasteiger partial charge in [-0.05, 0) is 53.8 Å². The summed E-state index contributed by atoms with van der Waals surface area (Å²) in [7, 11) is 2.15. The zero-order valence-corrected chi connectivity index (χ0v) is 11.2. The molecule has 1 unspecified atom stereocenters. The van der Waals surface area contributed by atoms with Crippen molar-refractivity contribution in [3.63, 3.8) is 0 Å². The summed E-state index contributed by atoms with van der Waals surface area (Å²) in [6, 6.07) is 2.06. The van der Waals surface area contributed by atoms with Crippen molar-refractivity contribution in [1.29, 1.82) is 0 Å². The number of hydrogen-bond donors (Lipinski definition) is 1. The van der Waals surface area contributed by atoms with E-state index in [1.54, 1.807) is 0 Å². The van der Waals surface area contributed by atoms with Gasteiger partial charge in [0.25, 0.3) is 0 Å². The van der Waals surface area contributed by atoms with Gasteiger partial charge in [0.05, 0.1) is 10.2 Å². The number of aromatic nitrogens is 1. The third-order valence-electron chi connectivity index (χ3n) is 3.09. The summed E-state index contributed by atoms with van der Waals surface area (Å²) in [6.45, 7) is 3.43. The zero-order chi connectivity index (χ0) is 11.4. The summed E-state index contributed by atoms with van der Waals surface area (Å²) in [5.41, 5.74) is 1.22. The van der Waals surface area contributed by atoms with Gasteiger partial charge in [0, 0.05) is 26.0 Å². The van der Waals surface area contributed by atoms with Crippen molar-refractivity contribution in [1.82, 2.24) is 10.3 Å². The number of rotatable bonds is 3. The highest BCUT2D eigenvalue weighted by Gasteiger charge is 2.16. The second-order valence-electron chi connectivity index (χ2n) is 4.42. The Kier molecular flexibility index (Phi) is 4.18. The van der Waals surface area contributed by atoms with Crippen LogP contribution < -0.4 is 10.2 Å². The number of anilines is 1. The Morgan fingerprint density at radius 2 is 2.50 bits per heavy atom. The molecule has 0 amide bonds. The van der Waals surface area contributed by atoms with Crippen LogP contribution in [0.25, 0.3) is 0 Å². The zero-order valence-electron chi connectivity index (χ0n) is 9.62. The van der Waals surface area contributed by atoms with Crippen LogP contribution in [-0.2, 0) is 0 Å². The maximum Gasteiger partial charge on any atom is 0.0592 e. The van der Waals surface area contributed by atoms with Crippen molar-refractivity contribution in [2.75, 3.05) is 31.6 Å². The van der Waals surface area contributed by atoms with E-state index in [1.165, 1.54) is 25.1 Å². The Morgan fingerprint density at radius 3 is 3.19 bits per heavy atom. The van der Waals surface area contributed by atoms with Crippen LogP contribution in [0.4, 0.5) is 5.69 Å². The van der Waals surface area contributed by atoms with Gasteiger partial charge in [-0.2, -0.15) is 0 Å². The van der Waals surface area contributed by atoms with E-state index >= 15 is 0 Å². The number of halogens is 1. The summed E-state index contributed by atoms with van der Waals surface area (Å²) in [6.07, 6.45) is 6.33. The lowest BCUT2D eigenvalue weighted by Crippen LogP contribution is -2.37. The summed E-state index contributed by atoms with van der Waals surface area (Å²) in [5, 5.41) is 3.46. The molecular formula is C12H18BrN3. The Labute approximate surface area is 105 Å². The van der Waals surface area contributed by atoms with Crippen molar-refractivity contribution in [2.45, 2.75) is 12.8 Å². The van der Waals surface area contributed by atoms with E-state index in [-0.39, 0.29) is 0 Å². The van der Waals surface area contributed by atoms with Gasteiger partial charge in [-0.1, -0.05) is 0 Å².